The van der Waals surface area contributed by atoms with Gasteiger partial charge in [0.1, 0.15) is 0 Å². The molecule has 258 valence electrons. The van der Waals surface area contributed by atoms with Gasteiger partial charge in [0.05, 0.1) is 48.8 Å². The summed E-state index contributed by atoms with van der Waals surface area (Å²) in [5.74, 6) is -5.34. The average molecular weight is 724 g/mol. The molecule has 0 spiro atoms. The Kier molecular flexibility index (Phi) is 7.96. The van der Waals surface area contributed by atoms with Crippen molar-refractivity contribution in [3.63, 3.8) is 0 Å². The highest BCUT2D eigenvalue weighted by Crippen LogP contribution is 2.65. The van der Waals surface area contributed by atoms with Crippen molar-refractivity contribution in [3.8, 4) is 17.2 Å². The number of halogens is 2. The van der Waals surface area contributed by atoms with Crippen LogP contribution in [0.5, 0.6) is 17.2 Å². The zero-order chi connectivity index (χ0) is 35.8. The number of amides is 4. The maximum Gasteiger partial charge on any atom is 0.246 e. The Labute approximate surface area is 304 Å². The van der Waals surface area contributed by atoms with Gasteiger partial charge in [0.2, 0.25) is 29.4 Å². The van der Waals surface area contributed by atoms with Gasteiger partial charge in [0.25, 0.3) is 0 Å². The summed E-state index contributed by atoms with van der Waals surface area (Å²) in [6.45, 7) is 0. The van der Waals surface area contributed by atoms with E-state index in [9.17, 15) is 19.5 Å². The number of hydrogen-bond donors (Lipinski definition) is 1. The molecular weight excluding hydrogens is 691 g/mol. The molecule has 1 saturated carbocycles. The van der Waals surface area contributed by atoms with E-state index in [0.717, 1.165) is 5.57 Å². The van der Waals surface area contributed by atoms with Gasteiger partial charge in [-0.25, -0.2) is 4.90 Å². The predicted octanol–water partition coefficient (Wildman–Crippen LogP) is 7.08. The predicted molar refractivity (Wildman–Crippen MR) is 191 cm³/mol. The van der Waals surface area contributed by atoms with Crippen molar-refractivity contribution in [2.45, 2.75) is 24.2 Å². The fourth-order valence-electron chi connectivity index (χ4n) is 9.04. The second-order valence-corrected chi connectivity index (χ2v) is 14.2. The highest BCUT2D eigenvalue weighted by Gasteiger charge is 2.70. The highest BCUT2D eigenvalue weighted by atomic mass is 35.5. The van der Waals surface area contributed by atoms with Crippen LogP contribution in [0.1, 0.15) is 29.9 Å². The van der Waals surface area contributed by atoms with Crippen molar-refractivity contribution in [1.29, 1.82) is 0 Å². The second kappa shape index (κ2) is 12.3. The van der Waals surface area contributed by atoms with Crippen molar-refractivity contribution < 1.29 is 33.8 Å². The lowest BCUT2D eigenvalue weighted by molar-refractivity contribution is -0.127. The number of fused-ring (bicyclic) bond motifs is 4. The quantitative estimate of drug-likeness (QED) is 0.167. The van der Waals surface area contributed by atoms with Crippen LogP contribution in [-0.2, 0) is 24.6 Å². The topological polar surface area (TPSA) is 113 Å². The molecule has 2 aliphatic heterocycles. The summed E-state index contributed by atoms with van der Waals surface area (Å²) in [4.78, 5) is 61.3. The van der Waals surface area contributed by atoms with Crippen LogP contribution in [0, 0.1) is 23.7 Å². The number of nitrogens with zero attached hydrogens (tertiary/aromatic N) is 2. The summed E-state index contributed by atoms with van der Waals surface area (Å²) in [7, 11) is 2.84. The number of anilines is 2. The van der Waals surface area contributed by atoms with Gasteiger partial charge in [-0.15, -0.1) is 0 Å². The molecule has 2 aliphatic carbocycles. The number of rotatable bonds is 6. The molecule has 51 heavy (non-hydrogen) atoms. The van der Waals surface area contributed by atoms with Gasteiger partial charge in [-0.3, -0.25) is 24.1 Å². The van der Waals surface area contributed by atoms with Crippen molar-refractivity contribution >= 4 is 58.2 Å². The van der Waals surface area contributed by atoms with Gasteiger partial charge in [-0.05, 0) is 84.5 Å². The first-order valence-corrected chi connectivity index (χ1v) is 17.3. The molecule has 2 heterocycles. The lowest BCUT2D eigenvalue weighted by Crippen LogP contribution is -2.53. The molecule has 2 saturated heterocycles. The molecule has 0 radical (unpaired) electrons. The average Bonchev–Trinajstić information content (AvgIpc) is 3.53. The number of phenols is 1. The molecule has 1 N–H and O–H groups in total. The first-order valence-electron chi connectivity index (χ1n) is 16.6. The lowest BCUT2D eigenvalue weighted by Gasteiger charge is -2.50. The number of methoxy groups -OCH3 is 2. The van der Waals surface area contributed by atoms with Crippen LogP contribution >= 0.6 is 23.2 Å². The number of ether oxygens (including phenoxy) is 2. The Balaban J connectivity index is 1.38. The zero-order valence-corrected chi connectivity index (χ0v) is 29.1. The molecule has 4 aliphatic rings. The van der Waals surface area contributed by atoms with Crippen LogP contribution in [0.4, 0.5) is 11.4 Å². The first-order chi connectivity index (χ1) is 24.6. The maximum atomic E-state index is 15.4. The molecule has 8 rings (SSSR count). The Morgan fingerprint density at radius 1 is 0.725 bits per heavy atom. The van der Waals surface area contributed by atoms with Gasteiger partial charge in [0, 0.05) is 16.0 Å². The Morgan fingerprint density at radius 3 is 2.06 bits per heavy atom. The summed E-state index contributed by atoms with van der Waals surface area (Å²) < 4.78 is 11.2. The van der Waals surface area contributed by atoms with Crippen molar-refractivity contribution in [2.24, 2.45) is 23.7 Å². The largest absolute Gasteiger partial charge is 0.502 e. The molecule has 11 heteroatoms. The smallest absolute Gasteiger partial charge is 0.246 e. The standard InChI is InChI=1S/C40H32Cl2N2O7/c1-50-31-17-21(18-32(51-2)35(31)45)34-27-15-16-28-33(38(48)43(36(28)46)25-13-11-23(41)12-14-25)29(27)20-30-37(47)44(26-10-6-9-24(42)19-26)39(49)40(30,34)22-7-4-3-5-8-22/h3-15,17-19,28-30,33-34,45H,16,20H2,1-2H3/t28-,29+,30-,33-,34-,40+/m0/s1. The molecule has 0 aromatic heterocycles. The third kappa shape index (κ3) is 4.74. The van der Waals surface area contributed by atoms with Gasteiger partial charge in [-0.2, -0.15) is 0 Å². The molecule has 3 fully saturated rings. The van der Waals surface area contributed by atoms with Crippen LogP contribution in [0.2, 0.25) is 10.0 Å². The monoisotopic (exact) mass is 722 g/mol. The van der Waals surface area contributed by atoms with Crippen LogP contribution < -0.4 is 19.3 Å². The van der Waals surface area contributed by atoms with E-state index in [1.807, 2.05) is 36.4 Å². The first kappa shape index (κ1) is 33.0. The molecule has 0 unspecified atom stereocenters. The number of carbonyl (C=O) groups excluding carboxylic acids is 4. The minimum Gasteiger partial charge on any atom is -0.502 e. The molecule has 0 bridgehead atoms. The molecule has 4 aromatic carbocycles. The fraction of sp³-hybridized carbons (Fsp3) is 0.250. The van der Waals surface area contributed by atoms with Crippen LogP contribution in [0.25, 0.3) is 0 Å². The van der Waals surface area contributed by atoms with E-state index in [0.29, 0.717) is 32.5 Å². The number of phenolic OH excluding ortho intramolecular Hbond substituents is 1. The number of benzene rings is 4. The minimum atomic E-state index is -1.50. The van der Waals surface area contributed by atoms with Crippen LogP contribution in [-0.4, -0.2) is 43.0 Å². The summed E-state index contributed by atoms with van der Waals surface area (Å²) in [6, 6.07) is 25.7. The van der Waals surface area contributed by atoms with E-state index in [1.54, 1.807) is 60.7 Å². The molecule has 4 amide bonds. The van der Waals surface area contributed by atoms with E-state index >= 15 is 4.79 Å². The highest BCUT2D eigenvalue weighted by molar-refractivity contribution is 6.32. The maximum absolute atomic E-state index is 15.4. The Hall–Kier alpha value is -5.12. The third-order valence-electron chi connectivity index (χ3n) is 11.1. The van der Waals surface area contributed by atoms with E-state index in [1.165, 1.54) is 24.0 Å². The third-order valence-corrected chi connectivity index (χ3v) is 11.6. The summed E-state index contributed by atoms with van der Waals surface area (Å²) >= 11 is 12.5. The number of hydrogen-bond acceptors (Lipinski definition) is 7. The molecule has 9 nitrogen and oxygen atoms in total. The molecular formula is C40H32Cl2N2O7. The normalized spacial score (nSPS) is 26.8. The van der Waals surface area contributed by atoms with E-state index in [4.69, 9.17) is 32.7 Å². The van der Waals surface area contributed by atoms with E-state index in [2.05, 4.69) is 0 Å². The SMILES string of the molecule is COc1cc([C@H]2C3=CC[C@@H]4C(=O)N(c5ccc(Cl)cc5)C(=O)[C@@H]4[C@@H]3C[C@H]3C(=O)N(c4cccc(Cl)c4)C(=O)[C@@]23c2ccccc2)cc(OC)c1O. The number of aromatic hydroxyl groups is 1. The van der Waals surface area contributed by atoms with E-state index < -0.39 is 46.8 Å². The number of imide groups is 2. The van der Waals surface area contributed by atoms with Crippen molar-refractivity contribution in [2.75, 3.05) is 24.0 Å². The van der Waals surface area contributed by atoms with Crippen LogP contribution in [0.3, 0.4) is 0 Å². The fourth-order valence-corrected chi connectivity index (χ4v) is 9.35. The summed E-state index contributed by atoms with van der Waals surface area (Å²) in [5, 5.41) is 11.8. The minimum absolute atomic E-state index is 0.116. The van der Waals surface area contributed by atoms with Gasteiger partial charge >= 0.3 is 0 Å². The van der Waals surface area contributed by atoms with Gasteiger partial charge < -0.3 is 14.6 Å². The second-order valence-electron chi connectivity index (χ2n) is 13.4. The van der Waals surface area contributed by atoms with Crippen molar-refractivity contribution in [1.82, 2.24) is 0 Å². The zero-order valence-electron chi connectivity index (χ0n) is 27.6. The number of allylic oxidation sites excluding steroid dienone is 2. The van der Waals surface area contributed by atoms with Gasteiger partial charge in [0.15, 0.2) is 11.5 Å². The Morgan fingerprint density at radius 2 is 1.41 bits per heavy atom. The Bertz CT molecular complexity index is 2130. The van der Waals surface area contributed by atoms with Crippen LogP contribution in [0.15, 0.2) is 103 Å². The lowest BCUT2D eigenvalue weighted by atomic mass is 9.49. The van der Waals surface area contributed by atoms with Crippen molar-refractivity contribution in [3.05, 3.63) is 124 Å². The van der Waals surface area contributed by atoms with Gasteiger partial charge in [-0.1, -0.05) is 71.2 Å². The summed E-state index contributed by atoms with van der Waals surface area (Å²) in [6.07, 6.45) is 2.36. The number of carbonyl (C=O) groups is 4. The molecule has 4 aromatic rings. The summed E-state index contributed by atoms with van der Waals surface area (Å²) in [5.41, 5.74) is 1.18. The van der Waals surface area contributed by atoms with E-state index in [-0.39, 0.29) is 41.9 Å². The molecule has 6 atom stereocenters.